The summed E-state index contributed by atoms with van der Waals surface area (Å²) in [7, 11) is 1.92. The Morgan fingerprint density at radius 1 is 1.45 bits per heavy atom. The van der Waals surface area contributed by atoms with Crippen molar-refractivity contribution in [3.8, 4) is 0 Å². The molecule has 4 nitrogen and oxygen atoms in total. The van der Waals surface area contributed by atoms with Crippen LogP contribution in [0.3, 0.4) is 0 Å². The number of halogens is 2. The van der Waals surface area contributed by atoms with E-state index in [0.29, 0.717) is 6.61 Å². The van der Waals surface area contributed by atoms with Crippen LogP contribution in [-0.4, -0.2) is 42.0 Å². The number of aryl methyl sites for hydroxylation is 2. The van der Waals surface area contributed by atoms with Gasteiger partial charge in [-0.3, -0.25) is 4.68 Å². The lowest BCUT2D eigenvalue weighted by atomic mass is 10.1. The fraction of sp³-hybridized carbons (Fsp3) is 0.786. The third kappa shape index (κ3) is 6.43. The van der Waals surface area contributed by atoms with Crippen LogP contribution < -0.4 is 5.32 Å². The average Bonchev–Trinajstić information content (AvgIpc) is 2.69. The van der Waals surface area contributed by atoms with Crippen LogP contribution in [-0.2, 0) is 18.2 Å². The Morgan fingerprint density at radius 3 is 2.75 bits per heavy atom. The van der Waals surface area contributed by atoms with Crippen LogP contribution in [0.2, 0.25) is 0 Å². The molecule has 0 spiro atoms. The monoisotopic (exact) mass is 289 g/mol. The first-order chi connectivity index (χ1) is 9.52. The van der Waals surface area contributed by atoms with Gasteiger partial charge in [-0.15, -0.1) is 0 Å². The number of ether oxygens (including phenoxy) is 1. The SMILES string of the molecule is CCCNC(CCOCC(F)F)Cc1cc(C)nn1C. The molecular formula is C14H25F2N3O. The third-order valence-corrected chi connectivity index (χ3v) is 3.09. The van der Waals surface area contributed by atoms with Crippen LogP contribution in [0.4, 0.5) is 8.78 Å². The van der Waals surface area contributed by atoms with Crippen LogP contribution in [0.5, 0.6) is 0 Å². The summed E-state index contributed by atoms with van der Waals surface area (Å²) in [6.45, 7) is 4.85. The molecule has 0 saturated heterocycles. The largest absolute Gasteiger partial charge is 0.375 e. The molecule has 0 saturated carbocycles. The normalized spacial score (nSPS) is 13.1. The van der Waals surface area contributed by atoms with Crippen molar-refractivity contribution in [1.82, 2.24) is 15.1 Å². The molecule has 116 valence electrons. The zero-order valence-corrected chi connectivity index (χ0v) is 12.5. The van der Waals surface area contributed by atoms with Crippen LogP contribution in [0.1, 0.15) is 31.2 Å². The van der Waals surface area contributed by atoms with Crippen molar-refractivity contribution in [2.45, 2.75) is 45.6 Å². The number of nitrogens with one attached hydrogen (secondary N) is 1. The van der Waals surface area contributed by atoms with Crippen LogP contribution in [0.25, 0.3) is 0 Å². The van der Waals surface area contributed by atoms with E-state index in [1.807, 2.05) is 18.7 Å². The zero-order valence-electron chi connectivity index (χ0n) is 12.5. The Kier molecular flexibility index (Phi) is 7.69. The molecule has 0 fully saturated rings. The molecule has 1 heterocycles. The molecule has 0 aromatic carbocycles. The molecule has 0 amide bonds. The second-order valence-corrected chi connectivity index (χ2v) is 5.01. The zero-order chi connectivity index (χ0) is 15.0. The minimum atomic E-state index is -2.39. The lowest BCUT2D eigenvalue weighted by molar-refractivity contribution is 0.0144. The van der Waals surface area contributed by atoms with E-state index < -0.39 is 13.0 Å². The standard InChI is InChI=1S/C14H25F2N3O/c1-4-6-17-12(5-7-20-10-14(15)16)9-13-8-11(2)18-19(13)3/h8,12,14,17H,4-7,9-10H2,1-3H3. The summed E-state index contributed by atoms with van der Waals surface area (Å²) in [5.41, 5.74) is 2.13. The number of rotatable bonds is 10. The van der Waals surface area contributed by atoms with Gasteiger partial charge in [-0.05, 0) is 32.4 Å². The van der Waals surface area contributed by atoms with Gasteiger partial charge in [0.25, 0.3) is 6.43 Å². The van der Waals surface area contributed by atoms with Crippen molar-refractivity contribution in [1.29, 1.82) is 0 Å². The van der Waals surface area contributed by atoms with Crippen molar-refractivity contribution < 1.29 is 13.5 Å². The summed E-state index contributed by atoms with van der Waals surface area (Å²) in [6.07, 6.45) is 0.197. The maximum Gasteiger partial charge on any atom is 0.261 e. The van der Waals surface area contributed by atoms with E-state index >= 15 is 0 Å². The van der Waals surface area contributed by atoms with Gasteiger partial charge in [-0.25, -0.2) is 8.78 Å². The molecule has 6 heteroatoms. The highest BCUT2D eigenvalue weighted by atomic mass is 19.3. The van der Waals surface area contributed by atoms with E-state index in [-0.39, 0.29) is 6.04 Å². The highest BCUT2D eigenvalue weighted by Gasteiger charge is 2.12. The summed E-state index contributed by atoms with van der Waals surface area (Å²) in [5, 5.41) is 7.76. The van der Waals surface area contributed by atoms with Crippen molar-refractivity contribution in [3.05, 3.63) is 17.5 Å². The van der Waals surface area contributed by atoms with Crippen LogP contribution in [0, 0.1) is 6.92 Å². The van der Waals surface area contributed by atoms with Crippen molar-refractivity contribution in [2.24, 2.45) is 7.05 Å². The maximum absolute atomic E-state index is 12.0. The fourth-order valence-electron chi connectivity index (χ4n) is 2.13. The number of hydrogen-bond donors (Lipinski definition) is 1. The quantitative estimate of drug-likeness (QED) is 0.672. The minimum absolute atomic E-state index is 0.224. The molecule has 1 aromatic heterocycles. The van der Waals surface area contributed by atoms with E-state index in [0.717, 1.165) is 37.2 Å². The summed E-state index contributed by atoms with van der Waals surface area (Å²) in [5.74, 6) is 0. The highest BCUT2D eigenvalue weighted by Crippen LogP contribution is 2.08. The minimum Gasteiger partial charge on any atom is -0.375 e. The molecular weight excluding hydrogens is 264 g/mol. The van der Waals surface area contributed by atoms with Crippen molar-refractivity contribution >= 4 is 0 Å². The summed E-state index contributed by atoms with van der Waals surface area (Å²) in [6, 6.07) is 2.28. The molecule has 1 unspecified atom stereocenters. The Bertz CT molecular complexity index is 382. The highest BCUT2D eigenvalue weighted by molar-refractivity contribution is 5.10. The molecule has 0 aliphatic rings. The molecule has 0 aliphatic carbocycles. The van der Waals surface area contributed by atoms with E-state index in [2.05, 4.69) is 23.4 Å². The smallest absolute Gasteiger partial charge is 0.261 e. The van der Waals surface area contributed by atoms with Gasteiger partial charge in [-0.1, -0.05) is 6.92 Å². The van der Waals surface area contributed by atoms with E-state index in [1.54, 1.807) is 0 Å². The number of hydrogen-bond acceptors (Lipinski definition) is 3. The molecule has 1 atom stereocenters. The maximum atomic E-state index is 12.0. The number of alkyl halides is 2. The lowest BCUT2D eigenvalue weighted by Gasteiger charge is -2.18. The first-order valence-corrected chi connectivity index (χ1v) is 7.11. The second kappa shape index (κ2) is 9.02. The number of nitrogens with zero attached hydrogens (tertiary/aromatic N) is 2. The fourth-order valence-corrected chi connectivity index (χ4v) is 2.13. The molecule has 1 N–H and O–H groups in total. The molecule has 1 rings (SSSR count). The van der Waals surface area contributed by atoms with Gasteiger partial charge in [0.05, 0.1) is 5.69 Å². The molecule has 0 aliphatic heterocycles. The summed E-state index contributed by atoms with van der Waals surface area (Å²) >= 11 is 0. The summed E-state index contributed by atoms with van der Waals surface area (Å²) < 4.78 is 30.9. The molecule has 20 heavy (non-hydrogen) atoms. The van der Waals surface area contributed by atoms with Crippen LogP contribution in [0.15, 0.2) is 6.07 Å². The number of aromatic nitrogens is 2. The summed E-state index contributed by atoms with van der Waals surface area (Å²) in [4.78, 5) is 0. The third-order valence-electron chi connectivity index (χ3n) is 3.09. The molecule has 0 radical (unpaired) electrons. The van der Waals surface area contributed by atoms with Crippen molar-refractivity contribution in [3.63, 3.8) is 0 Å². The first kappa shape index (κ1) is 17.0. The van der Waals surface area contributed by atoms with Gasteiger partial charge in [0, 0.05) is 31.8 Å². The van der Waals surface area contributed by atoms with Gasteiger partial charge >= 0.3 is 0 Å². The van der Waals surface area contributed by atoms with E-state index in [9.17, 15) is 8.78 Å². The van der Waals surface area contributed by atoms with Gasteiger partial charge in [-0.2, -0.15) is 5.10 Å². The molecule has 0 bridgehead atoms. The Balaban J connectivity index is 2.44. The second-order valence-electron chi connectivity index (χ2n) is 5.01. The lowest BCUT2D eigenvalue weighted by Crippen LogP contribution is -2.33. The Hall–Kier alpha value is -1.01. The van der Waals surface area contributed by atoms with Gasteiger partial charge in [0.15, 0.2) is 0 Å². The topological polar surface area (TPSA) is 39.1 Å². The first-order valence-electron chi connectivity index (χ1n) is 7.11. The Morgan fingerprint density at radius 2 is 2.20 bits per heavy atom. The van der Waals surface area contributed by atoms with Crippen molar-refractivity contribution in [2.75, 3.05) is 19.8 Å². The predicted octanol–water partition coefficient (Wildman–Crippen LogP) is 2.31. The van der Waals surface area contributed by atoms with Gasteiger partial charge < -0.3 is 10.1 Å². The van der Waals surface area contributed by atoms with Gasteiger partial charge in [0.2, 0.25) is 0 Å². The van der Waals surface area contributed by atoms with E-state index in [1.165, 1.54) is 0 Å². The van der Waals surface area contributed by atoms with Crippen LogP contribution >= 0.6 is 0 Å². The van der Waals surface area contributed by atoms with E-state index in [4.69, 9.17) is 4.74 Å². The van der Waals surface area contributed by atoms with Gasteiger partial charge in [0.1, 0.15) is 6.61 Å². The average molecular weight is 289 g/mol. The predicted molar refractivity (Wildman–Crippen MR) is 75.2 cm³/mol. The molecule has 1 aromatic rings. The Labute approximate surface area is 119 Å².